The normalized spacial score (nSPS) is 19.1. The first kappa shape index (κ1) is 45.6. The first-order valence-corrected chi connectivity index (χ1v) is 22.0. The number of H-pyrrole nitrogens is 2. The molecule has 0 aliphatic carbocycles. The highest BCUT2D eigenvalue weighted by atomic mass is 16.6. The zero-order valence-electron chi connectivity index (χ0n) is 38.2. The van der Waals surface area contributed by atoms with E-state index in [0.29, 0.717) is 44.2 Å². The van der Waals surface area contributed by atoms with Gasteiger partial charge in [0.05, 0.1) is 50.1 Å². The smallest absolute Gasteiger partial charge is 0.410 e. The molecule has 7 rings (SSSR count). The lowest BCUT2D eigenvalue weighted by Gasteiger charge is -2.47. The van der Waals surface area contributed by atoms with Crippen molar-refractivity contribution in [2.24, 2.45) is 17.3 Å². The van der Waals surface area contributed by atoms with Crippen LogP contribution in [0.15, 0.2) is 60.9 Å². The predicted molar refractivity (Wildman–Crippen MR) is 238 cm³/mol. The van der Waals surface area contributed by atoms with Crippen LogP contribution in [-0.2, 0) is 23.8 Å². The van der Waals surface area contributed by atoms with E-state index in [2.05, 4.69) is 49.9 Å². The fourth-order valence-electron chi connectivity index (χ4n) is 9.04. The van der Waals surface area contributed by atoms with Gasteiger partial charge in [0.25, 0.3) is 0 Å². The molecule has 4 aromatic rings. The molecule has 3 aliphatic heterocycles. The third kappa shape index (κ3) is 9.72. The van der Waals surface area contributed by atoms with Gasteiger partial charge in [-0.2, -0.15) is 0 Å². The monoisotopic (exact) mass is 879 g/mol. The molecule has 5 amide bonds. The molecular weight excluding hydrogens is 819 g/mol. The van der Waals surface area contributed by atoms with E-state index in [9.17, 15) is 24.0 Å². The van der Waals surface area contributed by atoms with Gasteiger partial charge in [-0.15, -0.1) is 0 Å². The standard InChI is InChI=1S/C47H61N9O8/c1-27(2)37(52-43(59)62-8)41(57)55-20-10-11-35(55)39-48-22-33(50-39)31-16-12-29(13-17-31)30-14-18-32(19-15-30)34-23-49-40(51-34)36-21-47(24-54(25-47)45(61)64-46(5,6)7)26-56(36)42(58)38(28(3)4)53-44(60)63-9/h12-19,22-23,27-28,35-38H,10-11,20-21,24-26H2,1-9H3,(H,48,50)(H,49,51)(H,52,59)(H,53,60)/t35-,36?,37?,38?/m0/s1. The minimum atomic E-state index is -0.817. The van der Waals surface area contributed by atoms with E-state index < -0.39 is 35.9 Å². The number of imidazole rings is 2. The SMILES string of the molecule is COC(=O)NC(C(=O)N1CC2(CC1c1ncc(-c3ccc(-c4ccc(-c5cnc([C@@H]6CCCN6C(=O)C(NC(=O)OC)C(C)C)[nH]5)cc4)cc3)[nH]1)CN(C(=O)OC(C)(C)C)C2)C(C)C. The fraction of sp³-hybridized carbons (Fsp3) is 0.511. The molecule has 3 aliphatic rings. The minimum Gasteiger partial charge on any atom is -0.453 e. The van der Waals surface area contributed by atoms with Gasteiger partial charge in [-0.3, -0.25) is 9.59 Å². The Morgan fingerprint density at radius 3 is 1.59 bits per heavy atom. The number of ether oxygens (including phenoxy) is 3. The average molecular weight is 880 g/mol. The molecule has 342 valence electrons. The summed E-state index contributed by atoms with van der Waals surface area (Å²) in [6.45, 7) is 14.9. The average Bonchev–Trinajstić information content (AvgIpc) is 4.09. The summed E-state index contributed by atoms with van der Waals surface area (Å²) in [5.74, 6) is 0.611. The van der Waals surface area contributed by atoms with Crippen molar-refractivity contribution in [2.45, 2.75) is 97.5 Å². The van der Waals surface area contributed by atoms with Crippen LogP contribution in [0.2, 0.25) is 0 Å². The van der Waals surface area contributed by atoms with Crippen LogP contribution in [-0.4, -0.2) is 123 Å². The highest BCUT2D eigenvalue weighted by molar-refractivity contribution is 5.87. The molecule has 64 heavy (non-hydrogen) atoms. The summed E-state index contributed by atoms with van der Waals surface area (Å²) in [5, 5.41) is 5.42. The molecule has 2 aromatic heterocycles. The maximum absolute atomic E-state index is 14.2. The van der Waals surface area contributed by atoms with Gasteiger partial charge >= 0.3 is 18.3 Å². The van der Waals surface area contributed by atoms with E-state index in [0.717, 1.165) is 46.5 Å². The van der Waals surface area contributed by atoms with Crippen LogP contribution >= 0.6 is 0 Å². The number of hydrogen-bond acceptors (Lipinski definition) is 10. The van der Waals surface area contributed by atoms with Crippen LogP contribution in [0.4, 0.5) is 14.4 Å². The van der Waals surface area contributed by atoms with E-state index in [-0.39, 0.29) is 41.2 Å². The van der Waals surface area contributed by atoms with Gasteiger partial charge in [0.15, 0.2) is 0 Å². The lowest BCUT2D eigenvalue weighted by Crippen LogP contribution is -2.61. The Bertz CT molecular complexity index is 2330. The number of carbonyl (C=O) groups is 5. The Morgan fingerprint density at radius 1 is 0.688 bits per heavy atom. The maximum atomic E-state index is 14.2. The molecule has 3 unspecified atom stereocenters. The second-order valence-corrected chi connectivity index (χ2v) is 18.9. The van der Waals surface area contributed by atoms with Crippen molar-refractivity contribution in [3.8, 4) is 33.6 Å². The number of alkyl carbamates (subject to hydrolysis) is 2. The first-order chi connectivity index (χ1) is 30.4. The lowest BCUT2D eigenvalue weighted by atomic mass is 9.78. The second kappa shape index (κ2) is 18.4. The van der Waals surface area contributed by atoms with Gasteiger partial charge < -0.3 is 49.5 Å². The summed E-state index contributed by atoms with van der Waals surface area (Å²) in [6, 6.07) is 14.2. The van der Waals surface area contributed by atoms with E-state index in [1.165, 1.54) is 14.2 Å². The summed E-state index contributed by atoms with van der Waals surface area (Å²) in [4.78, 5) is 86.7. The highest BCUT2D eigenvalue weighted by Crippen LogP contribution is 2.49. The van der Waals surface area contributed by atoms with Gasteiger partial charge in [0, 0.05) is 31.6 Å². The summed E-state index contributed by atoms with van der Waals surface area (Å²) in [7, 11) is 2.55. The fourth-order valence-corrected chi connectivity index (χ4v) is 9.04. The number of likely N-dealkylation sites (tertiary alicyclic amines) is 3. The zero-order valence-corrected chi connectivity index (χ0v) is 38.2. The van der Waals surface area contributed by atoms with Gasteiger partial charge in [0.2, 0.25) is 11.8 Å². The van der Waals surface area contributed by atoms with E-state index in [1.807, 2.05) is 72.7 Å². The van der Waals surface area contributed by atoms with Gasteiger partial charge in [0.1, 0.15) is 29.3 Å². The summed E-state index contributed by atoms with van der Waals surface area (Å²) < 4.78 is 15.2. The molecule has 1 spiro atoms. The molecule has 0 saturated carbocycles. The first-order valence-electron chi connectivity index (χ1n) is 22.0. The molecule has 0 bridgehead atoms. The molecular formula is C47H61N9O8. The topological polar surface area (TPSA) is 204 Å². The number of methoxy groups -OCH3 is 2. The number of hydrogen-bond donors (Lipinski definition) is 4. The number of nitrogens with zero attached hydrogens (tertiary/aromatic N) is 5. The summed E-state index contributed by atoms with van der Waals surface area (Å²) >= 11 is 0. The van der Waals surface area contributed by atoms with Gasteiger partial charge in [-0.25, -0.2) is 24.4 Å². The summed E-state index contributed by atoms with van der Waals surface area (Å²) in [5.41, 5.74) is 4.57. The quantitative estimate of drug-likeness (QED) is 0.113. The Labute approximate surface area is 374 Å². The molecule has 17 heteroatoms. The third-order valence-electron chi connectivity index (χ3n) is 12.4. The van der Waals surface area contributed by atoms with Gasteiger partial charge in [-0.1, -0.05) is 76.2 Å². The number of nitrogens with one attached hydrogen (secondary N) is 4. The molecule has 0 radical (unpaired) electrons. The Balaban J connectivity index is 1.04. The van der Waals surface area contributed by atoms with Crippen LogP contribution in [0.5, 0.6) is 0 Å². The molecule has 4 atom stereocenters. The van der Waals surface area contributed by atoms with E-state index in [4.69, 9.17) is 19.2 Å². The largest absolute Gasteiger partial charge is 0.453 e. The predicted octanol–water partition coefficient (Wildman–Crippen LogP) is 7.07. The van der Waals surface area contributed by atoms with Crippen molar-refractivity contribution < 1.29 is 38.2 Å². The van der Waals surface area contributed by atoms with Crippen molar-refractivity contribution >= 4 is 30.1 Å². The number of amides is 5. The molecule has 17 nitrogen and oxygen atoms in total. The number of benzene rings is 2. The van der Waals surface area contributed by atoms with Gasteiger partial charge in [-0.05, 0) is 74.1 Å². The molecule has 5 heterocycles. The number of aromatic amines is 2. The molecule has 3 fully saturated rings. The van der Waals surface area contributed by atoms with Crippen molar-refractivity contribution in [1.82, 2.24) is 45.3 Å². The third-order valence-corrected chi connectivity index (χ3v) is 12.4. The Hall–Kier alpha value is -6.39. The van der Waals surface area contributed by atoms with Crippen molar-refractivity contribution in [3.63, 3.8) is 0 Å². The van der Waals surface area contributed by atoms with Crippen LogP contribution in [0.3, 0.4) is 0 Å². The Morgan fingerprint density at radius 2 is 1.14 bits per heavy atom. The summed E-state index contributed by atoms with van der Waals surface area (Å²) in [6.07, 6.45) is 4.04. The maximum Gasteiger partial charge on any atom is 0.410 e. The van der Waals surface area contributed by atoms with Crippen LogP contribution in [0.1, 0.15) is 91.5 Å². The van der Waals surface area contributed by atoms with E-state index >= 15 is 0 Å². The van der Waals surface area contributed by atoms with Crippen LogP contribution in [0.25, 0.3) is 33.6 Å². The van der Waals surface area contributed by atoms with Crippen LogP contribution in [0, 0.1) is 17.3 Å². The van der Waals surface area contributed by atoms with Crippen molar-refractivity contribution in [2.75, 3.05) is 40.4 Å². The number of carbonyl (C=O) groups excluding carboxylic acids is 5. The van der Waals surface area contributed by atoms with Crippen molar-refractivity contribution in [3.05, 3.63) is 72.6 Å². The zero-order chi connectivity index (χ0) is 46.1. The molecule has 4 N–H and O–H groups in total. The lowest BCUT2D eigenvalue weighted by molar-refractivity contribution is -0.136. The number of rotatable bonds is 11. The van der Waals surface area contributed by atoms with E-state index in [1.54, 1.807) is 27.1 Å². The molecule has 2 aromatic carbocycles. The highest BCUT2D eigenvalue weighted by Gasteiger charge is 2.56. The van der Waals surface area contributed by atoms with Crippen molar-refractivity contribution in [1.29, 1.82) is 0 Å². The second-order valence-electron chi connectivity index (χ2n) is 18.9. The molecule has 3 saturated heterocycles. The minimum absolute atomic E-state index is 0.120. The number of aromatic nitrogens is 4. The van der Waals surface area contributed by atoms with Crippen LogP contribution < -0.4 is 10.6 Å². The Kier molecular flexibility index (Phi) is 13.1.